The fraction of sp³-hybridized carbons (Fsp3) is 0.235. The van der Waals surface area contributed by atoms with E-state index in [0.717, 1.165) is 4.31 Å². The van der Waals surface area contributed by atoms with Crippen LogP contribution < -0.4 is 4.31 Å². The first kappa shape index (κ1) is 15.6. The molecule has 1 fully saturated rings. The smallest absolute Gasteiger partial charge is 0.335 e. The minimum absolute atomic E-state index is 0.0575. The van der Waals surface area contributed by atoms with E-state index in [1.165, 1.54) is 30.5 Å². The zero-order valence-corrected chi connectivity index (χ0v) is 13.5. The Balaban J connectivity index is 2.04. The van der Waals surface area contributed by atoms with Gasteiger partial charge < -0.3 is 5.11 Å². The van der Waals surface area contributed by atoms with Crippen molar-refractivity contribution in [3.8, 4) is 0 Å². The molecule has 6 heteroatoms. The van der Waals surface area contributed by atoms with E-state index in [2.05, 4.69) is 0 Å². The highest BCUT2D eigenvalue weighted by Crippen LogP contribution is 2.41. The Labute approximate surface area is 136 Å². The van der Waals surface area contributed by atoms with E-state index in [1.54, 1.807) is 25.1 Å². The van der Waals surface area contributed by atoms with Crippen molar-refractivity contribution in [1.29, 1.82) is 0 Å². The molecule has 0 bridgehead atoms. The summed E-state index contributed by atoms with van der Waals surface area (Å²) in [6.07, 6.45) is 2.36. The Kier molecular flexibility index (Phi) is 4.09. The number of thiol groups is 1. The molecule has 3 rings (SSSR count). The van der Waals surface area contributed by atoms with Gasteiger partial charge in [-0.2, -0.15) is 0 Å². The SMILES string of the molecule is Cc1ccc(C(=O)O)cc1N(c1ccc(C2CC2)cc1)[SH](=O)=O. The van der Waals surface area contributed by atoms with Gasteiger partial charge in [-0.25, -0.2) is 17.5 Å². The van der Waals surface area contributed by atoms with Crippen LogP contribution in [0.4, 0.5) is 11.4 Å². The molecule has 0 heterocycles. The highest BCUT2D eigenvalue weighted by Gasteiger charge is 2.24. The minimum atomic E-state index is -2.93. The number of carbonyl (C=O) groups is 1. The summed E-state index contributed by atoms with van der Waals surface area (Å²) in [7, 11) is -2.93. The van der Waals surface area contributed by atoms with Gasteiger partial charge in [0, 0.05) is 0 Å². The van der Waals surface area contributed by atoms with Crippen LogP contribution in [0.25, 0.3) is 0 Å². The average Bonchev–Trinajstić information content (AvgIpc) is 3.34. The number of rotatable bonds is 5. The first-order valence-electron chi connectivity index (χ1n) is 7.35. The lowest BCUT2D eigenvalue weighted by Crippen LogP contribution is -2.16. The number of hydrogen-bond donors (Lipinski definition) is 2. The maximum atomic E-state index is 11.8. The summed E-state index contributed by atoms with van der Waals surface area (Å²) in [6, 6.07) is 11.9. The highest BCUT2D eigenvalue weighted by molar-refractivity contribution is 7.74. The molecule has 0 aromatic heterocycles. The molecule has 1 saturated carbocycles. The second kappa shape index (κ2) is 6.04. The van der Waals surface area contributed by atoms with Gasteiger partial charge in [0.15, 0.2) is 0 Å². The first-order chi connectivity index (χ1) is 11.0. The van der Waals surface area contributed by atoms with Crippen molar-refractivity contribution in [3.63, 3.8) is 0 Å². The zero-order chi connectivity index (χ0) is 16.6. The first-order valence-corrected chi connectivity index (χ1v) is 8.48. The van der Waals surface area contributed by atoms with Gasteiger partial charge in [-0.15, -0.1) is 0 Å². The standard InChI is InChI=1S/C17H17NO4S/c1-11-2-3-14(17(19)20)10-16(11)18(23(21)22)15-8-6-13(7-9-15)12-4-5-12/h2-3,6-10,12,23H,4-5H2,1H3,(H,19,20). The second-order valence-corrected chi connectivity index (χ2v) is 6.60. The molecule has 0 unspecified atom stereocenters. The molecule has 23 heavy (non-hydrogen) atoms. The van der Waals surface area contributed by atoms with Crippen molar-refractivity contribution < 1.29 is 18.3 Å². The topological polar surface area (TPSA) is 74.7 Å². The van der Waals surface area contributed by atoms with Crippen LogP contribution in [-0.2, 0) is 10.9 Å². The molecule has 0 saturated heterocycles. The van der Waals surface area contributed by atoms with Crippen molar-refractivity contribution in [1.82, 2.24) is 0 Å². The van der Waals surface area contributed by atoms with E-state index in [-0.39, 0.29) is 5.56 Å². The molecule has 2 aromatic rings. The molecule has 0 radical (unpaired) electrons. The van der Waals surface area contributed by atoms with Crippen molar-refractivity contribution in [2.45, 2.75) is 25.7 Å². The number of hydrogen-bond acceptors (Lipinski definition) is 3. The van der Waals surface area contributed by atoms with Crippen LogP contribution in [0.15, 0.2) is 42.5 Å². The number of carboxylic acid groups (broad SMARTS) is 1. The molecule has 0 amide bonds. The van der Waals surface area contributed by atoms with Crippen LogP contribution in [0.5, 0.6) is 0 Å². The summed E-state index contributed by atoms with van der Waals surface area (Å²) in [6.45, 7) is 1.76. The molecule has 120 valence electrons. The van der Waals surface area contributed by atoms with E-state index in [9.17, 15) is 13.2 Å². The van der Waals surface area contributed by atoms with Crippen LogP contribution in [0, 0.1) is 6.92 Å². The lowest BCUT2D eigenvalue weighted by molar-refractivity contribution is 0.0697. The lowest BCUT2D eigenvalue weighted by atomic mass is 10.1. The van der Waals surface area contributed by atoms with Crippen LogP contribution in [0.3, 0.4) is 0 Å². The maximum Gasteiger partial charge on any atom is 0.335 e. The van der Waals surface area contributed by atoms with Gasteiger partial charge >= 0.3 is 5.97 Å². The molecule has 0 atom stereocenters. The molecule has 1 aliphatic rings. The molecule has 1 aliphatic carbocycles. The third-order valence-electron chi connectivity index (χ3n) is 4.03. The van der Waals surface area contributed by atoms with Crippen molar-refractivity contribution in [2.24, 2.45) is 0 Å². The van der Waals surface area contributed by atoms with Crippen molar-refractivity contribution in [2.75, 3.05) is 4.31 Å². The molecule has 1 N–H and O–H groups in total. The molecule has 5 nitrogen and oxygen atoms in total. The Hall–Kier alpha value is -2.34. The van der Waals surface area contributed by atoms with Gasteiger partial charge in [0.05, 0.1) is 16.9 Å². The molecule has 0 aliphatic heterocycles. The van der Waals surface area contributed by atoms with Gasteiger partial charge in [0.2, 0.25) is 10.9 Å². The number of aryl methyl sites for hydroxylation is 1. The normalized spacial score (nSPS) is 14.0. The van der Waals surface area contributed by atoms with Crippen molar-refractivity contribution >= 4 is 28.2 Å². The Morgan fingerprint density at radius 3 is 2.30 bits per heavy atom. The number of benzene rings is 2. The summed E-state index contributed by atoms with van der Waals surface area (Å²) in [5.74, 6) is -0.494. The molecular weight excluding hydrogens is 314 g/mol. The molecule has 2 aromatic carbocycles. The lowest BCUT2D eigenvalue weighted by Gasteiger charge is -2.20. The Bertz CT molecular complexity index is 815. The third kappa shape index (κ3) is 3.22. The molecular formula is C17H17NO4S. The Morgan fingerprint density at radius 2 is 1.78 bits per heavy atom. The quantitative estimate of drug-likeness (QED) is 0.825. The predicted molar refractivity (Wildman–Crippen MR) is 89.0 cm³/mol. The fourth-order valence-corrected chi connectivity index (χ4v) is 3.31. The summed E-state index contributed by atoms with van der Waals surface area (Å²) < 4.78 is 24.7. The van der Waals surface area contributed by atoms with Gasteiger partial charge in [-0.05, 0) is 61.1 Å². The second-order valence-electron chi connectivity index (χ2n) is 5.72. The summed E-state index contributed by atoms with van der Waals surface area (Å²) in [5.41, 5.74) is 2.84. The monoisotopic (exact) mass is 331 g/mol. The third-order valence-corrected chi connectivity index (χ3v) is 4.81. The predicted octanol–water partition coefficient (Wildman–Crippen LogP) is 3.24. The summed E-state index contributed by atoms with van der Waals surface area (Å²) in [5, 5.41) is 9.13. The fourth-order valence-electron chi connectivity index (χ4n) is 2.60. The maximum absolute atomic E-state index is 11.8. The van der Waals surface area contributed by atoms with Gasteiger partial charge in [-0.3, -0.25) is 0 Å². The number of nitrogens with zero attached hydrogens (tertiary/aromatic N) is 1. The highest BCUT2D eigenvalue weighted by atomic mass is 32.2. The van der Waals surface area contributed by atoms with Crippen LogP contribution in [0.2, 0.25) is 0 Å². The van der Waals surface area contributed by atoms with E-state index in [4.69, 9.17) is 5.11 Å². The minimum Gasteiger partial charge on any atom is -0.478 e. The summed E-state index contributed by atoms with van der Waals surface area (Å²) in [4.78, 5) is 11.2. The van der Waals surface area contributed by atoms with Crippen LogP contribution in [0.1, 0.15) is 40.2 Å². The van der Waals surface area contributed by atoms with E-state index in [1.807, 2.05) is 12.1 Å². The Morgan fingerprint density at radius 1 is 1.13 bits per heavy atom. The number of carboxylic acids is 1. The van der Waals surface area contributed by atoms with Crippen LogP contribution in [-0.4, -0.2) is 19.5 Å². The average molecular weight is 331 g/mol. The summed E-state index contributed by atoms with van der Waals surface area (Å²) >= 11 is 0. The van der Waals surface area contributed by atoms with Crippen molar-refractivity contribution in [3.05, 3.63) is 59.2 Å². The van der Waals surface area contributed by atoms with E-state index < -0.39 is 16.9 Å². The van der Waals surface area contributed by atoms with E-state index in [0.29, 0.717) is 22.9 Å². The van der Waals surface area contributed by atoms with Crippen LogP contribution >= 0.6 is 0 Å². The molecule has 0 spiro atoms. The zero-order valence-electron chi connectivity index (χ0n) is 12.6. The van der Waals surface area contributed by atoms with E-state index >= 15 is 0 Å². The van der Waals surface area contributed by atoms with Gasteiger partial charge in [0.1, 0.15) is 0 Å². The largest absolute Gasteiger partial charge is 0.478 e. The van der Waals surface area contributed by atoms with Gasteiger partial charge in [-0.1, -0.05) is 18.2 Å². The van der Waals surface area contributed by atoms with Gasteiger partial charge in [0.25, 0.3) is 0 Å². The number of anilines is 2. The number of aromatic carboxylic acids is 1.